The average molecular weight is 487 g/mol. The molecule has 0 aliphatic carbocycles. The number of ether oxygens (including phenoxy) is 6. The van der Waals surface area contributed by atoms with E-state index in [4.69, 9.17) is 28.4 Å². The van der Waals surface area contributed by atoms with Crippen molar-refractivity contribution < 1.29 is 28.4 Å². The second-order valence-electron chi connectivity index (χ2n) is 9.21. The van der Waals surface area contributed by atoms with Crippen molar-refractivity contribution in [2.45, 2.75) is 25.0 Å². The van der Waals surface area contributed by atoms with E-state index in [0.29, 0.717) is 26.4 Å². The Morgan fingerprint density at radius 3 is 1.50 bits per heavy atom. The standard InChI is InChI=1S/C30H30O6/c1(13-31-29-7-3-5-21-15-23(9-11-27(21)29)33-17-25-19-35-25)2-14-32-30-8-4-6-22-16-24(10-12-28(22)30)34-18-26-20-36-26/h3-12,15-16,25-26H,1-2,13-14,17-20H2. The first-order valence-corrected chi connectivity index (χ1v) is 12.6. The van der Waals surface area contributed by atoms with Crippen molar-refractivity contribution in [3.05, 3.63) is 72.8 Å². The maximum Gasteiger partial charge on any atom is 0.127 e. The van der Waals surface area contributed by atoms with Crippen LogP contribution in [0.4, 0.5) is 0 Å². The Morgan fingerprint density at radius 1 is 0.583 bits per heavy atom. The highest BCUT2D eigenvalue weighted by Gasteiger charge is 2.23. The van der Waals surface area contributed by atoms with Crippen molar-refractivity contribution in [2.24, 2.45) is 0 Å². The summed E-state index contributed by atoms with van der Waals surface area (Å²) in [7, 11) is 0. The van der Waals surface area contributed by atoms with Crippen LogP contribution < -0.4 is 18.9 Å². The molecular formula is C30H30O6. The molecule has 2 aliphatic heterocycles. The van der Waals surface area contributed by atoms with Crippen LogP contribution in [0.15, 0.2) is 72.8 Å². The zero-order chi connectivity index (χ0) is 24.2. The van der Waals surface area contributed by atoms with Crippen molar-refractivity contribution in [1.82, 2.24) is 0 Å². The van der Waals surface area contributed by atoms with Crippen molar-refractivity contribution in [3.8, 4) is 23.0 Å². The van der Waals surface area contributed by atoms with Crippen LogP contribution in [0.5, 0.6) is 23.0 Å². The third kappa shape index (κ3) is 5.83. The molecule has 6 heteroatoms. The number of fused-ring (bicyclic) bond motifs is 2. The minimum absolute atomic E-state index is 0.250. The first-order chi connectivity index (χ1) is 17.8. The number of hydrogen-bond donors (Lipinski definition) is 0. The van der Waals surface area contributed by atoms with Gasteiger partial charge in [0.1, 0.15) is 48.4 Å². The summed E-state index contributed by atoms with van der Waals surface area (Å²) < 4.78 is 34.2. The van der Waals surface area contributed by atoms with E-state index in [1.54, 1.807) is 0 Å². The fourth-order valence-corrected chi connectivity index (χ4v) is 4.17. The lowest BCUT2D eigenvalue weighted by Gasteiger charge is -2.12. The van der Waals surface area contributed by atoms with Gasteiger partial charge in [-0.25, -0.2) is 0 Å². The normalized spacial score (nSPS) is 18.2. The summed E-state index contributed by atoms with van der Waals surface area (Å²) >= 11 is 0. The molecule has 0 amide bonds. The Morgan fingerprint density at radius 2 is 1.06 bits per heavy atom. The van der Waals surface area contributed by atoms with E-state index in [0.717, 1.165) is 70.6 Å². The van der Waals surface area contributed by atoms with Crippen molar-refractivity contribution in [1.29, 1.82) is 0 Å². The van der Waals surface area contributed by atoms with Gasteiger partial charge < -0.3 is 28.4 Å². The lowest BCUT2D eigenvalue weighted by molar-refractivity contribution is 0.263. The molecule has 2 aliphatic rings. The predicted octanol–water partition coefficient (Wildman–Crippen LogP) is 5.79. The summed E-state index contributed by atoms with van der Waals surface area (Å²) in [5.74, 6) is 3.51. The fourth-order valence-electron chi connectivity index (χ4n) is 4.17. The third-order valence-electron chi connectivity index (χ3n) is 6.35. The van der Waals surface area contributed by atoms with Gasteiger partial charge in [0.15, 0.2) is 0 Å². The van der Waals surface area contributed by atoms with Gasteiger partial charge in [0.05, 0.1) is 26.4 Å². The molecule has 36 heavy (non-hydrogen) atoms. The summed E-state index contributed by atoms with van der Waals surface area (Å²) in [5.41, 5.74) is 0. The van der Waals surface area contributed by atoms with Crippen LogP contribution in [0.1, 0.15) is 12.8 Å². The quantitative estimate of drug-likeness (QED) is 0.176. The molecule has 2 atom stereocenters. The topological polar surface area (TPSA) is 62.0 Å². The monoisotopic (exact) mass is 486 g/mol. The fraction of sp³-hybridized carbons (Fsp3) is 0.333. The van der Waals surface area contributed by atoms with E-state index in [9.17, 15) is 0 Å². The van der Waals surface area contributed by atoms with Crippen molar-refractivity contribution >= 4 is 21.5 Å². The van der Waals surface area contributed by atoms with Gasteiger partial charge in [-0.2, -0.15) is 0 Å². The van der Waals surface area contributed by atoms with Gasteiger partial charge in [0, 0.05) is 10.8 Å². The van der Waals surface area contributed by atoms with Crippen LogP contribution in [-0.2, 0) is 9.47 Å². The molecule has 4 aromatic rings. The predicted molar refractivity (Wildman–Crippen MR) is 139 cm³/mol. The van der Waals surface area contributed by atoms with Gasteiger partial charge in [-0.05, 0) is 72.1 Å². The lowest BCUT2D eigenvalue weighted by atomic mass is 10.1. The molecule has 0 radical (unpaired) electrons. The average Bonchev–Trinajstić information content (AvgIpc) is 3.83. The number of rotatable bonds is 13. The minimum Gasteiger partial charge on any atom is -0.493 e. The van der Waals surface area contributed by atoms with Gasteiger partial charge in [0.25, 0.3) is 0 Å². The maximum absolute atomic E-state index is 6.11. The van der Waals surface area contributed by atoms with Crippen molar-refractivity contribution in [3.63, 3.8) is 0 Å². The summed E-state index contributed by atoms with van der Waals surface area (Å²) in [4.78, 5) is 0. The SMILES string of the molecule is c1cc(OCCCCOc2cccc3cc(OCC4CO4)ccc23)c2ccc(OCC3CO3)cc2c1. The molecule has 4 aromatic carbocycles. The van der Waals surface area contributed by atoms with Gasteiger partial charge in [0.2, 0.25) is 0 Å². The van der Waals surface area contributed by atoms with E-state index < -0.39 is 0 Å². The first kappa shape index (κ1) is 23.0. The zero-order valence-corrected chi connectivity index (χ0v) is 20.2. The molecule has 6 rings (SSSR count). The number of epoxide rings is 2. The molecule has 0 saturated carbocycles. The van der Waals surface area contributed by atoms with E-state index >= 15 is 0 Å². The van der Waals surface area contributed by atoms with Crippen LogP contribution >= 0.6 is 0 Å². The maximum atomic E-state index is 6.11. The molecule has 186 valence electrons. The highest BCUT2D eigenvalue weighted by atomic mass is 16.6. The second kappa shape index (κ2) is 10.6. The smallest absolute Gasteiger partial charge is 0.127 e. The Hall–Kier alpha value is -3.48. The Labute approximate surface area is 210 Å². The Kier molecular flexibility index (Phi) is 6.79. The Balaban J connectivity index is 0.978. The third-order valence-corrected chi connectivity index (χ3v) is 6.35. The molecule has 2 fully saturated rings. The molecule has 0 bridgehead atoms. The molecular weight excluding hydrogens is 456 g/mol. The molecule has 0 N–H and O–H groups in total. The van der Waals surface area contributed by atoms with Crippen molar-refractivity contribution in [2.75, 3.05) is 39.6 Å². The van der Waals surface area contributed by atoms with E-state index in [1.807, 2.05) is 36.4 Å². The number of hydrogen-bond acceptors (Lipinski definition) is 6. The highest BCUT2D eigenvalue weighted by Crippen LogP contribution is 2.31. The van der Waals surface area contributed by atoms with Crippen LogP contribution in [0, 0.1) is 0 Å². The largest absolute Gasteiger partial charge is 0.493 e. The summed E-state index contributed by atoms with van der Waals surface area (Å²) in [5, 5.41) is 4.39. The van der Waals surface area contributed by atoms with E-state index in [2.05, 4.69) is 36.4 Å². The number of unbranched alkanes of at least 4 members (excludes halogenated alkanes) is 1. The first-order valence-electron chi connectivity index (χ1n) is 12.6. The van der Waals surface area contributed by atoms with Gasteiger partial charge >= 0.3 is 0 Å². The van der Waals surface area contributed by atoms with Crippen LogP contribution in [0.2, 0.25) is 0 Å². The molecule has 0 aromatic heterocycles. The van der Waals surface area contributed by atoms with Crippen LogP contribution in [0.3, 0.4) is 0 Å². The van der Waals surface area contributed by atoms with Crippen LogP contribution in [0.25, 0.3) is 21.5 Å². The van der Waals surface area contributed by atoms with Gasteiger partial charge in [-0.3, -0.25) is 0 Å². The molecule has 0 spiro atoms. The van der Waals surface area contributed by atoms with E-state index in [-0.39, 0.29) is 12.2 Å². The highest BCUT2D eigenvalue weighted by molar-refractivity contribution is 5.90. The molecule has 6 nitrogen and oxygen atoms in total. The molecule has 2 heterocycles. The summed E-state index contributed by atoms with van der Waals surface area (Å²) in [6.07, 6.45) is 2.32. The number of benzene rings is 4. The van der Waals surface area contributed by atoms with Crippen LogP contribution in [-0.4, -0.2) is 51.8 Å². The second-order valence-corrected chi connectivity index (χ2v) is 9.21. The zero-order valence-electron chi connectivity index (χ0n) is 20.2. The van der Waals surface area contributed by atoms with Gasteiger partial charge in [-0.1, -0.05) is 24.3 Å². The molecule has 2 saturated heterocycles. The summed E-state index contributed by atoms with van der Waals surface area (Å²) in [6, 6.07) is 24.5. The molecule has 2 unspecified atom stereocenters. The van der Waals surface area contributed by atoms with E-state index in [1.165, 1.54) is 0 Å². The Bertz CT molecular complexity index is 1220. The minimum atomic E-state index is 0.250. The van der Waals surface area contributed by atoms with Gasteiger partial charge in [-0.15, -0.1) is 0 Å². The summed E-state index contributed by atoms with van der Waals surface area (Å²) in [6.45, 7) is 4.08. The lowest BCUT2D eigenvalue weighted by Crippen LogP contribution is -2.04.